The highest BCUT2D eigenvalue weighted by Crippen LogP contribution is 2.24. The topological polar surface area (TPSA) is 75.4 Å². The van der Waals surface area contributed by atoms with E-state index in [2.05, 4.69) is 5.32 Å². The van der Waals surface area contributed by atoms with Crippen molar-refractivity contribution in [1.82, 2.24) is 5.32 Å². The number of benzene rings is 1. The molecule has 1 aromatic carbocycles. The summed E-state index contributed by atoms with van der Waals surface area (Å²) in [5.74, 6) is 0. The van der Waals surface area contributed by atoms with Crippen LogP contribution in [0.5, 0.6) is 0 Å². The van der Waals surface area contributed by atoms with E-state index in [0.717, 1.165) is 5.56 Å². The van der Waals surface area contributed by atoms with E-state index in [1.54, 1.807) is 13.0 Å². The summed E-state index contributed by atoms with van der Waals surface area (Å²) >= 11 is 5.70. The van der Waals surface area contributed by atoms with Crippen LogP contribution in [0, 0.1) is 10.1 Å². The van der Waals surface area contributed by atoms with Crippen LogP contribution >= 0.6 is 11.6 Å². The average Bonchev–Trinajstić information content (AvgIpc) is 2.25. The van der Waals surface area contributed by atoms with E-state index in [0.29, 0.717) is 19.5 Å². The molecule has 1 unspecified atom stereocenters. The van der Waals surface area contributed by atoms with Crippen molar-refractivity contribution in [2.24, 2.45) is 0 Å². The first kappa shape index (κ1) is 13.9. The summed E-state index contributed by atoms with van der Waals surface area (Å²) in [7, 11) is 0. The van der Waals surface area contributed by atoms with Crippen molar-refractivity contribution in [3.63, 3.8) is 0 Å². The van der Waals surface area contributed by atoms with Crippen molar-refractivity contribution in [2.75, 3.05) is 6.54 Å². The van der Waals surface area contributed by atoms with Gasteiger partial charge < -0.3 is 10.4 Å². The third kappa shape index (κ3) is 4.68. The molecule has 0 spiro atoms. The van der Waals surface area contributed by atoms with Crippen molar-refractivity contribution < 1.29 is 10.0 Å². The number of nitro benzene ring substituents is 1. The van der Waals surface area contributed by atoms with Gasteiger partial charge in [0.2, 0.25) is 0 Å². The number of hydrogen-bond donors (Lipinski definition) is 2. The van der Waals surface area contributed by atoms with Gasteiger partial charge in [-0.05, 0) is 31.5 Å². The lowest BCUT2D eigenvalue weighted by atomic mass is 10.2. The number of rotatable bonds is 6. The highest BCUT2D eigenvalue weighted by Gasteiger charge is 2.12. The van der Waals surface area contributed by atoms with E-state index < -0.39 is 4.92 Å². The standard InChI is InChI=1S/C11H15ClN2O3/c1-8(15)4-5-13-7-9-2-3-10(12)11(6-9)14(16)17/h2-3,6,8,13,15H,4-5,7H2,1H3. The van der Waals surface area contributed by atoms with Crippen LogP contribution in [0.3, 0.4) is 0 Å². The summed E-state index contributed by atoms with van der Waals surface area (Å²) in [5.41, 5.74) is 0.716. The number of nitrogens with one attached hydrogen (secondary N) is 1. The van der Waals surface area contributed by atoms with E-state index in [9.17, 15) is 10.1 Å². The minimum absolute atomic E-state index is 0.0820. The molecule has 1 aromatic rings. The van der Waals surface area contributed by atoms with Gasteiger partial charge in [0, 0.05) is 12.6 Å². The Hall–Kier alpha value is -1.17. The van der Waals surface area contributed by atoms with Crippen molar-refractivity contribution in [3.05, 3.63) is 38.9 Å². The molecular formula is C11H15ClN2O3. The number of nitrogens with zero attached hydrogens (tertiary/aromatic N) is 1. The molecule has 0 amide bonds. The Bertz CT molecular complexity index is 396. The van der Waals surface area contributed by atoms with Gasteiger partial charge in [0.15, 0.2) is 0 Å². The van der Waals surface area contributed by atoms with Gasteiger partial charge >= 0.3 is 0 Å². The zero-order chi connectivity index (χ0) is 12.8. The molecule has 0 fully saturated rings. The van der Waals surface area contributed by atoms with E-state index in [4.69, 9.17) is 16.7 Å². The number of aliphatic hydroxyl groups is 1. The fraction of sp³-hybridized carbons (Fsp3) is 0.455. The van der Waals surface area contributed by atoms with Crippen molar-refractivity contribution in [1.29, 1.82) is 0 Å². The van der Waals surface area contributed by atoms with Gasteiger partial charge in [0.1, 0.15) is 5.02 Å². The minimum Gasteiger partial charge on any atom is -0.393 e. The molecule has 1 atom stereocenters. The highest BCUT2D eigenvalue weighted by molar-refractivity contribution is 6.32. The Labute approximate surface area is 105 Å². The predicted octanol–water partition coefficient (Wildman–Crippen LogP) is 2.11. The third-order valence-electron chi connectivity index (χ3n) is 2.28. The summed E-state index contributed by atoms with van der Waals surface area (Å²) in [6.45, 7) is 2.90. The summed E-state index contributed by atoms with van der Waals surface area (Å²) in [4.78, 5) is 10.2. The van der Waals surface area contributed by atoms with Gasteiger partial charge in [-0.25, -0.2) is 0 Å². The first-order valence-electron chi connectivity index (χ1n) is 5.32. The lowest BCUT2D eigenvalue weighted by Crippen LogP contribution is -2.18. The van der Waals surface area contributed by atoms with Crippen LogP contribution in [-0.4, -0.2) is 22.7 Å². The Balaban J connectivity index is 2.54. The minimum atomic E-state index is -0.498. The van der Waals surface area contributed by atoms with E-state index in [1.165, 1.54) is 12.1 Å². The maximum atomic E-state index is 10.7. The molecule has 0 aromatic heterocycles. The molecule has 0 heterocycles. The van der Waals surface area contributed by atoms with Gasteiger partial charge in [-0.15, -0.1) is 0 Å². The average molecular weight is 259 g/mol. The Kier molecular flexibility index (Phi) is 5.34. The van der Waals surface area contributed by atoms with Crippen molar-refractivity contribution >= 4 is 17.3 Å². The Morgan fingerprint density at radius 2 is 2.29 bits per heavy atom. The van der Waals surface area contributed by atoms with Crippen LogP contribution in [0.1, 0.15) is 18.9 Å². The molecule has 1 rings (SSSR count). The first-order valence-corrected chi connectivity index (χ1v) is 5.70. The molecule has 94 valence electrons. The molecule has 17 heavy (non-hydrogen) atoms. The zero-order valence-electron chi connectivity index (χ0n) is 9.52. The zero-order valence-corrected chi connectivity index (χ0v) is 10.3. The number of aliphatic hydroxyl groups excluding tert-OH is 1. The molecule has 0 aliphatic carbocycles. The van der Waals surface area contributed by atoms with Gasteiger partial charge in [0.25, 0.3) is 5.69 Å². The fourth-order valence-electron chi connectivity index (χ4n) is 1.35. The second kappa shape index (κ2) is 6.54. The van der Waals surface area contributed by atoms with Gasteiger partial charge in [-0.2, -0.15) is 0 Å². The predicted molar refractivity (Wildman–Crippen MR) is 66.1 cm³/mol. The maximum absolute atomic E-state index is 10.7. The Morgan fingerprint density at radius 1 is 1.59 bits per heavy atom. The molecule has 0 aliphatic heterocycles. The number of hydrogen-bond acceptors (Lipinski definition) is 4. The second-order valence-electron chi connectivity index (χ2n) is 3.86. The summed E-state index contributed by atoms with van der Waals surface area (Å²) in [6, 6.07) is 4.72. The lowest BCUT2D eigenvalue weighted by Gasteiger charge is -2.06. The summed E-state index contributed by atoms with van der Waals surface area (Å²) < 4.78 is 0. The molecule has 5 nitrogen and oxygen atoms in total. The fourth-order valence-corrected chi connectivity index (χ4v) is 1.54. The van der Waals surface area contributed by atoms with E-state index in [-0.39, 0.29) is 16.8 Å². The molecule has 6 heteroatoms. The van der Waals surface area contributed by atoms with Crippen LogP contribution < -0.4 is 5.32 Å². The molecule has 0 aliphatic rings. The molecular weight excluding hydrogens is 244 g/mol. The van der Waals surface area contributed by atoms with Crippen LogP contribution in [0.25, 0.3) is 0 Å². The lowest BCUT2D eigenvalue weighted by molar-refractivity contribution is -0.384. The SMILES string of the molecule is CC(O)CCNCc1ccc(Cl)c([N+](=O)[O-])c1. The van der Waals surface area contributed by atoms with Crippen LogP contribution in [0.2, 0.25) is 5.02 Å². The number of halogens is 1. The van der Waals surface area contributed by atoms with Crippen molar-refractivity contribution in [3.8, 4) is 0 Å². The van der Waals surface area contributed by atoms with Crippen LogP contribution in [0.15, 0.2) is 18.2 Å². The third-order valence-corrected chi connectivity index (χ3v) is 2.59. The van der Waals surface area contributed by atoms with E-state index in [1.807, 2.05) is 0 Å². The molecule has 0 saturated heterocycles. The maximum Gasteiger partial charge on any atom is 0.288 e. The van der Waals surface area contributed by atoms with Gasteiger partial charge in [-0.1, -0.05) is 17.7 Å². The Morgan fingerprint density at radius 3 is 2.88 bits per heavy atom. The summed E-state index contributed by atoms with van der Waals surface area (Å²) in [5, 5.41) is 23.0. The quantitative estimate of drug-likeness (QED) is 0.466. The normalized spacial score (nSPS) is 12.4. The smallest absolute Gasteiger partial charge is 0.288 e. The van der Waals surface area contributed by atoms with E-state index >= 15 is 0 Å². The van der Waals surface area contributed by atoms with Crippen LogP contribution in [0.4, 0.5) is 5.69 Å². The number of nitro groups is 1. The van der Waals surface area contributed by atoms with Crippen molar-refractivity contribution in [2.45, 2.75) is 26.0 Å². The van der Waals surface area contributed by atoms with Crippen LogP contribution in [-0.2, 0) is 6.54 Å². The van der Waals surface area contributed by atoms with Gasteiger partial charge in [-0.3, -0.25) is 10.1 Å². The monoisotopic (exact) mass is 258 g/mol. The summed E-state index contributed by atoms with van der Waals surface area (Å²) in [6.07, 6.45) is 0.303. The largest absolute Gasteiger partial charge is 0.393 e. The molecule has 2 N–H and O–H groups in total. The molecule has 0 saturated carbocycles. The molecule has 0 radical (unpaired) electrons. The molecule has 0 bridgehead atoms. The van der Waals surface area contributed by atoms with Gasteiger partial charge in [0.05, 0.1) is 11.0 Å². The first-order chi connectivity index (χ1) is 8.00. The second-order valence-corrected chi connectivity index (χ2v) is 4.26. The highest BCUT2D eigenvalue weighted by atomic mass is 35.5.